The number of nitrogens with one attached hydrogen (secondary N) is 2. The summed E-state index contributed by atoms with van der Waals surface area (Å²) in [6.45, 7) is 6.89. The number of aliphatic imine (C=N–C) groups is 1. The van der Waals surface area contributed by atoms with Gasteiger partial charge in [0.2, 0.25) is 0 Å². The van der Waals surface area contributed by atoms with Crippen molar-refractivity contribution in [2.75, 3.05) is 13.1 Å². The first-order valence-electron chi connectivity index (χ1n) is 7.75. The van der Waals surface area contributed by atoms with E-state index in [4.69, 9.17) is 0 Å². The lowest BCUT2D eigenvalue weighted by atomic mass is 10.3. The molecule has 1 aliphatic carbocycles. The monoisotopic (exact) mass is 278 g/mol. The number of nitrogens with zero attached hydrogens (tertiary/aromatic N) is 4. The van der Waals surface area contributed by atoms with E-state index in [1.807, 2.05) is 0 Å². The first-order chi connectivity index (χ1) is 9.83. The summed E-state index contributed by atoms with van der Waals surface area (Å²) in [5.41, 5.74) is 0. The fourth-order valence-corrected chi connectivity index (χ4v) is 1.96. The van der Waals surface area contributed by atoms with Gasteiger partial charge in [-0.2, -0.15) is 0 Å². The third kappa shape index (κ3) is 4.83. The predicted molar refractivity (Wildman–Crippen MR) is 80.8 cm³/mol. The molecule has 0 bridgehead atoms. The SMILES string of the molecule is CCCCN=C(NCCn1cnnc1CC)NC1CC1. The molecule has 0 saturated heterocycles. The van der Waals surface area contributed by atoms with Gasteiger partial charge in [-0.05, 0) is 19.3 Å². The van der Waals surface area contributed by atoms with Gasteiger partial charge in [-0.25, -0.2) is 0 Å². The number of guanidine groups is 1. The Morgan fingerprint density at radius 1 is 1.45 bits per heavy atom. The van der Waals surface area contributed by atoms with Crippen LogP contribution in [0.15, 0.2) is 11.3 Å². The molecule has 2 N–H and O–H groups in total. The van der Waals surface area contributed by atoms with E-state index in [1.54, 1.807) is 6.33 Å². The maximum Gasteiger partial charge on any atom is 0.191 e. The molecule has 0 aliphatic heterocycles. The summed E-state index contributed by atoms with van der Waals surface area (Å²) in [4.78, 5) is 4.61. The molecule has 0 aromatic carbocycles. The van der Waals surface area contributed by atoms with Crippen LogP contribution in [-0.4, -0.2) is 39.9 Å². The van der Waals surface area contributed by atoms with Gasteiger partial charge in [0.15, 0.2) is 5.96 Å². The van der Waals surface area contributed by atoms with Gasteiger partial charge in [0.1, 0.15) is 12.2 Å². The van der Waals surface area contributed by atoms with Crippen molar-refractivity contribution in [1.29, 1.82) is 0 Å². The average Bonchev–Trinajstić information content (AvgIpc) is 3.15. The largest absolute Gasteiger partial charge is 0.355 e. The van der Waals surface area contributed by atoms with Crippen molar-refractivity contribution in [3.05, 3.63) is 12.2 Å². The van der Waals surface area contributed by atoms with Gasteiger partial charge in [-0.3, -0.25) is 4.99 Å². The van der Waals surface area contributed by atoms with Crippen LogP contribution in [0.3, 0.4) is 0 Å². The molecule has 6 nitrogen and oxygen atoms in total. The van der Waals surface area contributed by atoms with Gasteiger partial charge in [0.25, 0.3) is 0 Å². The number of aryl methyl sites for hydroxylation is 1. The number of aromatic nitrogens is 3. The Hall–Kier alpha value is -1.59. The number of hydrogen-bond donors (Lipinski definition) is 2. The lowest BCUT2D eigenvalue weighted by Crippen LogP contribution is -2.40. The molecular weight excluding hydrogens is 252 g/mol. The van der Waals surface area contributed by atoms with E-state index in [9.17, 15) is 0 Å². The van der Waals surface area contributed by atoms with E-state index in [1.165, 1.54) is 19.3 Å². The van der Waals surface area contributed by atoms with Crippen LogP contribution in [0.1, 0.15) is 45.4 Å². The molecule has 0 amide bonds. The molecular formula is C14H26N6. The Morgan fingerprint density at radius 3 is 3.00 bits per heavy atom. The minimum absolute atomic E-state index is 0.629. The standard InChI is InChI=1S/C14H26N6/c1-3-5-8-15-14(18-12-6-7-12)16-9-10-20-11-17-19-13(20)4-2/h11-12H,3-10H2,1-2H3,(H2,15,16,18). The van der Waals surface area contributed by atoms with E-state index >= 15 is 0 Å². The summed E-state index contributed by atoms with van der Waals surface area (Å²) in [5, 5.41) is 14.9. The number of unbranched alkanes of at least 4 members (excludes halogenated alkanes) is 1. The van der Waals surface area contributed by atoms with Gasteiger partial charge in [0.05, 0.1) is 0 Å². The second-order valence-electron chi connectivity index (χ2n) is 5.22. The van der Waals surface area contributed by atoms with Gasteiger partial charge < -0.3 is 15.2 Å². The van der Waals surface area contributed by atoms with Crippen molar-refractivity contribution in [2.24, 2.45) is 4.99 Å². The van der Waals surface area contributed by atoms with Gasteiger partial charge in [-0.1, -0.05) is 20.3 Å². The minimum atomic E-state index is 0.629. The summed E-state index contributed by atoms with van der Waals surface area (Å²) in [7, 11) is 0. The second-order valence-corrected chi connectivity index (χ2v) is 5.22. The first-order valence-corrected chi connectivity index (χ1v) is 7.75. The molecule has 1 saturated carbocycles. The highest BCUT2D eigenvalue weighted by molar-refractivity contribution is 5.80. The number of rotatable bonds is 8. The molecule has 1 aromatic heterocycles. The summed E-state index contributed by atoms with van der Waals surface area (Å²) in [6, 6.07) is 0.629. The third-order valence-electron chi connectivity index (χ3n) is 3.36. The molecule has 112 valence electrons. The topological polar surface area (TPSA) is 67.1 Å². The fraction of sp³-hybridized carbons (Fsp3) is 0.786. The summed E-state index contributed by atoms with van der Waals surface area (Å²) < 4.78 is 2.09. The van der Waals surface area contributed by atoms with Crippen LogP contribution in [0.5, 0.6) is 0 Å². The smallest absolute Gasteiger partial charge is 0.191 e. The molecule has 0 spiro atoms. The van der Waals surface area contributed by atoms with E-state index in [0.717, 1.165) is 44.3 Å². The lowest BCUT2D eigenvalue weighted by Gasteiger charge is -2.12. The molecule has 1 aliphatic rings. The van der Waals surface area contributed by atoms with Crippen LogP contribution in [0.4, 0.5) is 0 Å². The maximum absolute atomic E-state index is 4.61. The molecule has 0 unspecified atom stereocenters. The highest BCUT2D eigenvalue weighted by Gasteiger charge is 2.22. The van der Waals surface area contributed by atoms with Crippen LogP contribution in [0, 0.1) is 0 Å². The van der Waals surface area contributed by atoms with E-state index < -0.39 is 0 Å². The van der Waals surface area contributed by atoms with Gasteiger partial charge in [0, 0.05) is 32.1 Å². The van der Waals surface area contributed by atoms with Crippen molar-refractivity contribution in [1.82, 2.24) is 25.4 Å². The molecule has 1 aromatic rings. The van der Waals surface area contributed by atoms with E-state index in [0.29, 0.717) is 6.04 Å². The first kappa shape index (κ1) is 14.8. The summed E-state index contributed by atoms with van der Waals surface area (Å²) >= 11 is 0. The van der Waals surface area contributed by atoms with Crippen molar-refractivity contribution >= 4 is 5.96 Å². The Bertz CT molecular complexity index is 421. The van der Waals surface area contributed by atoms with Crippen molar-refractivity contribution in [2.45, 2.75) is 58.5 Å². The summed E-state index contributed by atoms with van der Waals surface area (Å²) in [6.07, 6.45) is 7.56. The molecule has 20 heavy (non-hydrogen) atoms. The Labute approximate surface area is 121 Å². The maximum atomic E-state index is 4.61. The second kappa shape index (κ2) is 7.87. The van der Waals surface area contributed by atoms with Gasteiger partial charge in [-0.15, -0.1) is 10.2 Å². The molecule has 0 radical (unpaired) electrons. The molecule has 1 heterocycles. The lowest BCUT2D eigenvalue weighted by molar-refractivity contribution is 0.630. The van der Waals surface area contributed by atoms with Crippen LogP contribution in [0.25, 0.3) is 0 Å². The molecule has 1 fully saturated rings. The molecule has 6 heteroatoms. The Morgan fingerprint density at radius 2 is 2.30 bits per heavy atom. The quantitative estimate of drug-likeness (QED) is 0.428. The van der Waals surface area contributed by atoms with Crippen LogP contribution in [-0.2, 0) is 13.0 Å². The summed E-state index contributed by atoms with van der Waals surface area (Å²) in [5.74, 6) is 1.98. The van der Waals surface area contributed by atoms with Crippen LogP contribution < -0.4 is 10.6 Å². The Balaban J connectivity index is 1.77. The highest BCUT2D eigenvalue weighted by Crippen LogP contribution is 2.18. The third-order valence-corrected chi connectivity index (χ3v) is 3.36. The highest BCUT2D eigenvalue weighted by atomic mass is 15.3. The zero-order valence-corrected chi connectivity index (χ0v) is 12.6. The number of hydrogen-bond acceptors (Lipinski definition) is 3. The van der Waals surface area contributed by atoms with Gasteiger partial charge >= 0.3 is 0 Å². The van der Waals surface area contributed by atoms with Crippen LogP contribution in [0.2, 0.25) is 0 Å². The minimum Gasteiger partial charge on any atom is -0.355 e. The molecule has 2 rings (SSSR count). The van der Waals surface area contributed by atoms with Crippen molar-refractivity contribution in [3.63, 3.8) is 0 Å². The van der Waals surface area contributed by atoms with E-state index in [2.05, 4.69) is 44.2 Å². The Kier molecular flexibility index (Phi) is 5.83. The normalized spacial score (nSPS) is 15.4. The van der Waals surface area contributed by atoms with Crippen molar-refractivity contribution < 1.29 is 0 Å². The zero-order chi connectivity index (χ0) is 14.2. The average molecular weight is 278 g/mol. The predicted octanol–water partition coefficient (Wildman–Crippen LogP) is 1.34. The zero-order valence-electron chi connectivity index (χ0n) is 12.6. The van der Waals surface area contributed by atoms with Crippen LogP contribution >= 0.6 is 0 Å². The van der Waals surface area contributed by atoms with E-state index in [-0.39, 0.29) is 0 Å². The van der Waals surface area contributed by atoms with Crippen molar-refractivity contribution in [3.8, 4) is 0 Å². The molecule has 0 atom stereocenters. The fourth-order valence-electron chi connectivity index (χ4n) is 1.96.